The second-order valence-corrected chi connectivity index (χ2v) is 6.51. The maximum atomic E-state index is 12.2. The van der Waals surface area contributed by atoms with Gasteiger partial charge in [-0.15, -0.1) is 0 Å². The van der Waals surface area contributed by atoms with Gasteiger partial charge >= 0.3 is 11.8 Å². The van der Waals surface area contributed by atoms with Gasteiger partial charge in [0.2, 0.25) is 0 Å². The van der Waals surface area contributed by atoms with Gasteiger partial charge in [-0.05, 0) is 19.1 Å². The monoisotopic (exact) mass is 346 g/mol. The van der Waals surface area contributed by atoms with E-state index in [1.165, 1.54) is 6.92 Å². The summed E-state index contributed by atoms with van der Waals surface area (Å²) in [7, 11) is 0. The van der Waals surface area contributed by atoms with Gasteiger partial charge in [0, 0.05) is 23.6 Å². The van der Waals surface area contributed by atoms with Crippen LogP contribution in [0, 0.1) is 0 Å². The van der Waals surface area contributed by atoms with Gasteiger partial charge in [-0.2, -0.15) is 16.9 Å². The lowest BCUT2D eigenvalue weighted by Crippen LogP contribution is -2.39. The van der Waals surface area contributed by atoms with Crippen molar-refractivity contribution in [2.45, 2.75) is 24.5 Å². The zero-order valence-corrected chi connectivity index (χ0v) is 14.0. The van der Waals surface area contributed by atoms with Crippen LogP contribution in [0.25, 0.3) is 5.69 Å². The molecular formula is C16H18N4O3S. The molecule has 0 spiro atoms. The highest BCUT2D eigenvalue weighted by molar-refractivity contribution is 7.98. The van der Waals surface area contributed by atoms with Gasteiger partial charge in [-0.1, -0.05) is 18.2 Å². The van der Waals surface area contributed by atoms with Crippen LogP contribution in [0.4, 0.5) is 5.82 Å². The zero-order chi connectivity index (χ0) is 17.1. The number of hydrogen-bond acceptors (Lipinski definition) is 5. The number of aromatic nitrogens is 2. The Balaban J connectivity index is 1.85. The Bertz CT molecular complexity index is 758. The molecule has 2 heterocycles. The summed E-state index contributed by atoms with van der Waals surface area (Å²) >= 11 is 1.72. The number of para-hydroxylation sites is 1. The van der Waals surface area contributed by atoms with E-state index in [0.717, 1.165) is 28.5 Å². The van der Waals surface area contributed by atoms with Crippen LogP contribution in [-0.2, 0) is 21.1 Å². The van der Waals surface area contributed by atoms with E-state index >= 15 is 0 Å². The lowest BCUT2D eigenvalue weighted by atomic mass is 10.2. The van der Waals surface area contributed by atoms with Crippen molar-refractivity contribution in [3.8, 4) is 5.69 Å². The normalized spacial score (nSPS) is 14.1. The lowest BCUT2D eigenvalue weighted by molar-refractivity contribution is -0.136. The van der Waals surface area contributed by atoms with Crippen molar-refractivity contribution in [2.24, 2.45) is 0 Å². The molecule has 1 aliphatic heterocycles. The first-order valence-electron chi connectivity index (χ1n) is 7.57. The molecule has 1 atom stereocenters. The van der Waals surface area contributed by atoms with Crippen LogP contribution in [0.5, 0.6) is 0 Å². The van der Waals surface area contributed by atoms with E-state index in [0.29, 0.717) is 5.82 Å². The number of rotatable bonds is 4. The smallest absolute Gasteiger partial charge is 0.314 e. The summed E-state index contributed by atoms with van der Waals surface area (Å²) in [5.74, 6) is 0.501. The van der Waals surface area contributed by atoms with E-state index in [9.17, 15) is 14.7 Å². The summed E-state index contributed by atoms with van der Waals surface area (Å²) in [5, 5.41) is 18.8. The fourth-order valence-corrected chi connectivity index (χ4v) is 3.42. The van der Waals surface area contributed by atoms with Crippen LogP contribution in [0.3, 0.4) is 0 Å². The van der Waals surface area contributed by atoms with E-state index < -0.39 is 17.9 Å². The molecule has 1 aliphatic rings. The van der Waals surface area contributed by atoms with Crippen LogP contribution >= 0.6 is 11.8 Å². The molecule has 0 unspecified atom stereocenters. The van der Waals surface area contributed by atoms with Crippen LogP contribution in [0.1, 0.15) is 18.2 Å². The molecule has 0 bridgehead atoms. The number of benzene rings is 1. The van der Waals surface area contributed by atoms with Gasteiger partial charge in [-0.3, -0.25) is 9.59 Å². The quantitative estimate of drug-likeness (QED) is 0.719. The largest absolute Gasteiger partial charge is 0.392 e. The zero-order valence-electron chi connectivity index (χ0n) is 13.2. The number of anilines is 1. The third kappa shape index (κ3) is 3.44. The van der Waals surface area contributed by atoms with Gasteiger partial charge in [0.15, 0.2) is 0 Å². The molecule has 0 saturated carbocycles. The molecule has 0 aliphatic carbocycles. The average Bonchev–Trinajstić information content (AvgIpc) is 3.16. The van der Waals surface area contributed by atoms with Crippen molar-refractivity contribution in [1.29, 1.82) is 0 Å². The molecule has 2 aromatic rings. The molecule has 1 aromatic heterocycles. The third-order valence-corrected chi connectivity index (χ3v) is 4.52. The topological polar surface area (TPSA) is 96.2 Å². The fourth-order valence-electron chi connectivity index (χ4n) is 2.38. The number of thioether (sulfide) groups is 1. The van der Waals surface area contributed by atoms with Crippen LogP contribution in [0.2, 0.25) is 0 Å². The van der Waals surface area contributed by atoms with Gasteiger partial charge < -0.3 is 15.7 Å². The molecule has 1 aromatic carbocycles. The molecule has 3 rings (SSSR count). The minimum atomic E-state index is -0.781. The fraction of sp³-hybridized carbons (Fsp3) is 0.312. The highest BCUT2D eigenvalue weighted by atomic mass is 32.2. The first-order chi connectivity index (χ1) is 11.6. The lowest BCUT2D eigenvalue weighted by Gasteiger charge is -2.11. The number of aliphatic hydroxyl groups excluding tert-OH is 1. The number of nitrogens with zero attached hydrogens (tertiary/aromatic N) is 2. The van der Waals surface area contributed by atoms with Gasteiger partial charge in [0.1, 0.15) is 5.82 Å². The Morgan fingerprint density at radius 1 is 1.29 bits per heavy atom. The van der Waals surface area contributed by atoms with Crippen molar-refractivity contribution in [2.75, 3.05) is 11.9 Å². The minimum absolute atomic E-state index is 0.0260. The molecule has 2 amide bonds. The highest BCUT2D eigenvalue weighted by Gasteiger charge is 2.26. The van der Waals surface area contributed by atoms with Crippen molar-refractivity contribution in [3.63, 3.8) is 0 Å². The second-order valence-electron chi connectivity index (χ2n) is 5.53. The van der Waals surface area contributed by atoms with E-state index in [4.69, 9.17) is 0 Å². The molecular weight excluding hydrogens is 328 g/mol. The summed E-state index contributed by atoms with van der Waals surface area (Å²) in [6.45, 7) is 1.56. The Morgan fingerprint density at radius 2 is 2.04 bits per heavy atom. The number of nitrogens with one attached hydrogen (secondary N) is 2. The highest BCUT2D eigenvalue weighted by Crippen LogP contribution is 2.35. The number of carbonyl (C=O) groups is 2. The Kier molecular flexibility index (Phi) is 4.86. The van der Waals surface area contributed by atoms with Crippen molar-refractivity contribution in [1.82, 2.24) is 15.1 Å². The Morgan fingerprint density at radius 3 is 2.75 bits per heavy atom. The predicted molar refractivity (Wildman–Crippen MR) is 91.9 cm³/mol. The van der Waals surface area contributed by atoms with Gasteiger partial charge in [0.25, 0.3) is 0 Å². The van der Waals surface area contributed by atoms with Crippen LogP contribution in [0.15, 0.2) is 30.3 Å². The molecule has 0 fully saturated rings. The maximum absolute atomic E-state index is 12.2. The van der Waals surface area contributed by atoms with E-state index in [1.54, 1.807) is 16.4 Å². The molecule has 8 heteroatoms. The average molecular weight is 346 g/mol. The molecule has 7 nitrogen and oxygen atoms in total. The SMILES string of the molecule is C[C@H](O)CNC(=O)C(=O)Nc1c2c(nn1-c1ccccc1)CSC2. The predicted octanol–water partition coefficient (Wildman–Crippen LogP) is 1.05. The van der Waals surface area contributed by atoms with Gasteiger partial charge in [0.05, 0.1) is 17.5 Å². The molecule has 24 heavy (non-hydrogen) atoms. The first kappa shape index (κ1) is 16.5. The number of hydrogen-bond donors (Lipinski definition) is 3. The number of amides is 2. The molecule has 3 N–H and O–H groups in total. The summed E-state index contributed by atoms with van der Waals surface area (Å²) in [6.07, 6.45) is -0.711. The van der Waals surface area contributed by atoms with E-state index in [1.807, 2.05) is 30.3 Å². The second kappa shape index (κ2) is 7.06. The minimum Gasteiger partial charge on any atom is -0.392 e. The van der Waals surface area contributed by atoms with Crippen molar-refractivity contribution in [3.05, 3.63) is 41.6 Å². The number of fused-ring (bicyclic) bond motifs is 1. The summed E-state index contributed by atoms with van der Waals surface area (Å²) in [4.78, 5) is 24.0. The number of carbonyl (C=O) groups excluding carboxylic acids is 2. The van der Waals surface area contributed by atoms with Crippen molar-refractivity contribution < 1.29 is 14.7 Å². The standard InChI is InChI=1S/C16H18N4O3S/c1-10(21)7-17-15(22)16(23)18-14-12-8-24-9-13(12)19-20(14)11-5-3-2-4-6-11/h2-6,10,21H,7-9H2,1H3,(H,17,22)(H,18,23)/t10-/m0/s1. The summed E-state index contributed by atoms with van der Waals surface area (Å²) in [5.41, 5.74) is 2.68. The first-order valence-corrected chi connectivity index (χ1v) is 8.73. The van der Waals surface area contributed by atoms with Gasteiger partial charge in [-0.25, -0.2) is 4.68 Å². The molecule has 0 saturated heterocycles. The Labute approximate surface area is 143 Å². The maximum Gasteiger partial charge on any atom is 0.314 e. The summed E-state index contributed by atoms with van der Waals surface area (Å²) in [6, 6.07) is 9.45. The Hall–Kier alpha value is -2.32. The van der Waals surface area contributed by atoms with Crippen molar-refractivity contribution >= 4 is 29.4 Å². The molecule has 0 radical (unpaired) electrons. The summed E-state index contributed by atoms with van der Waals surface area (Å²) < 4.78 is 1.66. The van der Waals surface area contributed by atoms with E-state index in [-0.39, 0.29) is 6.54 Å². The number of aliphatic hydroxyl groups is 1. The van der Waals surface area contributed by atoms with Crippen LogP contribution < -0.4 is 10.6 Å². The van der Waals surface area contributed by atoms with E-state index in [2.05, 4.69) is 15.7 Å². The third-order valence-electron chi connectivity index (χ3n) is 3.55. The van der Waals surface area contributed by atoms with Crippen LogP contribution in [-0.4, -0.2) is 39.4 Å². The molecule has 126 valence electrons.